The number of nitrogens with zero attached hydrogens (tertiary/aromatic N) is 7. The highest BCUT2D eigenvalue weighted by atomic mass is 32.2. The van der Waals surface area contributed by atoms with Crippen LogP contribution in [0.2, 0.25) is 18.1 Å². The van der Waals surface area contributed by atoms with E-state index in [0.717, 1.165) is 37.4 Å². The smallest absolute Gasteiger partial charge is 0.269 e. The Bertz CT molecular complexity index is 2350. The molecule has 1 saturated heterocycles. The lowest BCUT2D eigenvalue weighted by Gasteiger charge is -2.36. The third-order valence-electron chi connectivity index (χ3n) is 10.8. The predicted molar refractivity (Wildman–Crippen MR) is 216 cm³/mol. The van der Waals surface area contributed by atoms with E-state index in [4.69, 9.17) is 14.6 Å². The molecule has 0 N–H and O–H groups in total. The molecule has 7 rings (SSSR count). The summed E-state index contributed by atoms with van der Waals surface area (Å²) in [6.07, 6.45) is 2.31. The molecule has 1 aliphatic rings. The minimum atomic E-state index is -4.09. The summed E-state index contributed by atoms with van der Waals surface area (Å²) in [5.74, 6) is -0.353. The molecule has 0 aliphatic carbocycles. The Kier molecular flexibility index (Phi) is 10.3. The summed E-state index contributed by atoms with van der Waals surface area (Å²) in [6, 6.07) is 26.4. The lowest BCUT2D eigenvalue weighted by Crippen LogP contribution is -2.44. The number of piperazine rings is 1. The number of hydrogen-bond donors (Lipinski definition) is 0. The minimum Gasteiger partial charge on any atom is -0.417 e. The predicted octanol–water partition coefficient (Wildman–Crippen LogP) is 8.17. The maximum absolute atomic E-state index is 14.5. The third-order valence-corrected chi connectivity index (χ3v) is 17.0. The first-order valence-electron chi connectivity index (χ1n) is 18.4. The van der Waals surface area contributed by atoms with Gasteiger partial charge in [-0.05, 0) is 97.8 Å². The van der Waals surface area contributed by atoms with E-state index >= 15 is 0 Å². The fraction of sp³-hybridized carbons (Fsp3) is 0.341. The van der Waals surface area contributed by atoms with Crippen molar-refractivity contribution in [2.45, 2.75) is 56.8 Å². The number of likely N-dealkylation sites (N-methyl/N-ethyl adjacent to an activating group) is 1. The molecule has 1 fully saturated rings. The Morgan fingerprint density at radius 1 is 0.833 bits per heavy atom. The van der Waals surface area contributed by atoms with E-state index < -0.39 is 18.3 Å². The van der Waals surface area contributed by atoms with Crippen molar-refractivity contribution in [1.29, 1.82) is 0 Å². The second-order valence-electron chi connectivity index (χ2n) is 15.5. The number of halogens is 1. The molecule has 0 saturated carbocycles. The summed E-state index contributed by atoms with van der Waals surface area (Å²) in [5, 5.41) is 10.6. The van der Waals surface area contributed by atoms with Crippen molar-refractivity contribution in [3.8, 4) is 33.8 Å². The molecule has 54 heavy (non-hydrogen) atoms. The standard InChI is InChI=1S/C41H48FN7O3SSi/c1-41(2,3)54(5,6)52-28-10-23-48-44-38(31-13-17-32(42)18-14-31)39(45-48)35-21-22-43-40-36(35)29-37(49(40)53(50,51)34-11-8-7-9-12-34)30-15-19-33(20-16-30)47-26-24-46(4)25-27-47/h7-9,11-22,29H,10,23-28H2,1-6H3. The average molecular weight is 766 g/mol. The second kappa shape index (κ2) is 14.9. The number of anilines is 1. The highest BCUT2D eigenvalue weighted by molar-refractivity contribution is 7.90. The van der Waals surface area contributed by atoms with Crippen molar-refractivity contribution < 1.29 is 17.2 Å². The lowest BCUT2D eigenvalue weighted by atomic mass is 10.0. The Morgan fingerprint density at radius 3 is 2.15 bits per heavy atom. The summed E-state index contributed by atoms with van der Waals surface area (Å²) in [7, 11) is -3.89. The van der Waals surface area contributed by atoms with Crippen LogP contribution in [0.15, 0.2) is 102 Å². The first-order chi connectivity index (χ1) is 25.7. The molecule has 0 atom stereocenters. The molecule has 282 valence electrons. The van der Waals surface area contributed by atoms with E-state index in [-0.39, 0.29) is 21.4 Å². The number of fused-ring (bicyclic) bond motifs is 1. The molecule has 4 heterocycles. The van der Waals surface area contributed by atoms with Crippen LogP contribution in [-0.4, -0.2) is 85.4 Å². The van der Waals surface area contributed by atoms with Gasteiger partial charge in [0.1, 0.15) is 17.2 Å². The van der Waals surface area contributed by atoms with Crippen molar-refractivity contribution in [3.05, 3.63) is 103 Å². The second-order valence-corrected chi connectivity index (χ2v) is 22.1. The Hall–Kier alpha value is -4.69. The Morgan fingerprint density at radius 2 is 1.48 bits per heavy atom. The number of rotatable bonds is 11. The molecule has 3 aromatic carbocycles. The molecule has 10 nitrogen and oxygen atoms in total. The molecule has 0 radical (unpaired) electrons. The molecular weight excluding hydrogens is 718 g/mol. The average Bonchev–Trinajstić information content (AvgIpc) is 3.77. The first-order valence-corrected chi connectivity index (χ1v) is 22.8. The summed E-state index contributed by atoms with van der Waals surface area (Å²) in [4.78, 5) is 11.2. The maximum atomic E-state index is 14.5. The van der Waals surface area contributed by atoms with Gasteiger partial charge in [-0.15, -0.1) is 0 Å². The van der Waals surface area contributed by atoms with Gasteiger partial charge in [-0.1, -0.05) is 51.1 Å². The van der Waals surface area contributed by atoms with Crippen LogP contribution in [0.1, 0.15) is 27.2 Å². The first kappa shape index (κ1) is 37.6. The number of pyridine rings is 1. The maximum Gasteiger partial charge on any atom is 0.269 e. The zero-order chi connectivity index (χ0) is 38.3. The zero-order valence-electron chi connectivity index (χ0n) is 31.8. The molecule has 6 aromatic rings. The molecule has 0 unspecified atom stereocenters. The van der Waals surface area contributed by atoms with E-state index in [0.29, 0.717) is 53.2 Å². The van der Waals surface area contributed by atoms with Crippen LogP contribution < -0.4 is 4.90 Å². The number of aromatic nitrogens is 5. The monoisotopic (exact) mass is 765 g/mol. The molecule has 1 aliphatic heterocycles. The Balaban J connectivity index is 1.33. The van der Waals surface area contributed by atoms with Crippen molar-refractivity contribution in [2.24, 2.45) is 0 Å². The van der Waals surface area contributed by atoms with Crippen LogP contribution in [0, 0.1) is 5.82 Å². The summed E-state index contributed by atoms with van der Waals surface area (Å²) in [6.45, 7) is 16.0. The fourth-order valence-corrected chi connectivity index (χ4v) is 9.10. The number of aryl methyl sites for hydroxylation is 1. The van der Waals surface area contributed by atoms with Gasteiger partial charge >= 0.3 is 0 Å². The highest BCUT2D eigenvalue weighted by Crippen LogP contribution is 2.40. The summed E-state index contributed by atoms with van der Waals surface area (Å²) < 4.78 is 50.9. The molecule has 13 heteroatoms. The van der Waals surface area contributed by atoms with E-state index in [2.05, 4.69) is 67.8 Å². The normalized spacial score (nSPS) is 14.6. The summed E-state index contributed by atoms with van der Waals surface area (Å²) >= 11 is 0. The van der Waals surface area contributed by atoms with E-state index in [9.17, 15) is 12.8 Å². The molecule has 0 spiro atoms. The minimum absolute atomic E-state index is 0.0997. The van der Waals surface area contributed by atoms with Gasteiger partial charge in [-0.3, -0.25) is 0 Å². The largest absolute Gasteiger partial charge is 0.417 e. The van der Waals surface area contributed by atoms with Gasteiger partial charge in [0.2, 0.25) is 0 Å². The van der Waals surface area contributed by atoms with Crippen LogP contribution in [0.3, 0.4) is 0 Å². The van der Waals surface area contributed by atoms with Crippen molar-refractivity contribution in [2.75, 3.05) is 44.7 Å². The van der Waals surface area contributed by atoms with Gasteiger partial charge in [0.25, 0.3) is 10.0 Å². The topological polar surface area (TPSA) is 98.4 Å². The van der Waals surface area contributed by atoms with Gasteiger partial charge in [0.05, 0.1) is 17.1 Å². The highest BCUT2D eigenvalue weighted by Gasteiger charge is 2.37. The van der Waals surface area contributed by atoms with Crippen LogP contribution >= 0.6 is 0 Å². The molecule has 0 amide bonds. The SMILES string of the molecule is CN1CCN(c2ccc(-c3cc4c(-c5nn(CCCO[Si](C)(C)C(C)(C)C)nc5-c5ccc(F)cc5)ccnc4n3S(=O)(=O)c3ccccc3)cc2)CC1. The molecule has 3 aromatic heterocycles. The van der Waals surface area contributed by atoms with E-state index in [1.807, 2.05) is 24.3 Å². The summed E-state index contributed by atoms with van der Waals surface area (Å²) in [5.41, 5.74) is 5.05. The molecular formula is C41H48FN7O3SSi. The van der Waals surface area contributed by atoms with Crippen LogP contribution in [0.4, 0.5) is 10.1 Å². The van der Waals surface area contributed by atoms with Gasteiger partial charge in [-0.2, -0.15) is 15.0 Å². The molecule has 0 bridgehead atoms. The van der Waals surface area contributed by atoms with Crippen molar-refractivity contribution >= 4 is 35.1 Å². The van der Waals surface area contributed by atoms with Gasteiger partial charge in [0, 0.05) is 61.2 Å². The Labute approximate surface area is 318 Å². The van der Waals surface area contributed by atoms with Gasteiger partial charge in [0.15, 0.2) is 14.0 Å². The van der Waals surface area contributed by atoms with Gasteiger partial charge < -0.3 is 14.2 Å². The lowest BCUT2D eigenvalue weighted by molar-refractivity contribution is 0.269. The number of benzene rings is 3. The van der Waals surface area contributed by atoms with Crippen LogP contribution in [-0.2, 0) is 21.0 Å². The van der Waals surface area contributed by atoms with E-state index in [1.54, 1.807) is 53.5 Å². The van der Waals surface area contributed by atoms with E-state index in [1.165, 1.54) is 16.1 Å². The van der Waals surface area contributed by atoms with Gasteiger partial charge in [-0.25, -0.2) is 21.8 Å². The van der Waals surface area contributed by atoms with Crippen LogP contribution in [0.25, 0.3) is 44.8 Å². The van der Waals surface area contributed by atoms with Crippen molar-refractivity contribution in [3.63, 3.8) is 0 Å². The quantitative estimate of drug-likeness (QED) is 0.0963. The fourth-order valence-electron chi connectivity index (χ4n) is 6.51. The third kappa shape index (κ3) is 7.50. The zero-order valence-corrected chi connectivity index (χ0v) is 33.6. The van der Waals surface area contributed by atoms with Crippen molar-refractivity contribution in [1.82, 2.24) is 28.9 Å². The van der Waals surface area contributed by atoms with Crippen LogP contribution in [0.5, 0.6) is 0 Å². The number of hydrogen-bond acceptors (Lipinski definition) is 8.